The van der Waals surface area contributed by atoms with Gasteiger partial charge >= 0.3 is 0 Å². The molecule has 0 bridgehead atoms. The maximum atomic E-state index is 11.1. The number of benzene rings is 3. The Hall–Kier alpha value is -3.54. The smallest absolute Gasteiger partial charge is 0.148 e. The highest BCUT2D eigenvalue weighted by Crippen LogP contribution is 2.41. The first kappa shape index (κ1) is 23.6. The molecule has 6 heteroatoms. The first-order chi connectivity index (χ1) is 15.8. The number of phenolic OH excluding ortho intramolecular Hbond substituents is 2. The molecule has 0 aliphatic heterocycles. The fourth-order valence-electron chi connectivity index (χ4n) is 4.17. The Labute approximate surface area is 201 Å². The second kappa shape index (κ2) is 8.35. The summed E-state index contributed by atoms with van der Waals surface area (Å²) in [7, 11) is 0. The normalized spacial score (nSPS) is 12.3. The molecule has 0 amide bonds. The zero-order valence-electron chi connectivity index (χ0n) is 21.1. The SMILES string of the molecule is Cc1cc(CNc2cc(C(C)(C)C)c(O)c(C(C)(C)C)c2)c(O)c(-n2nc3ccccc3n2)c1. The van der Waals surface area contributed by atoms with Crippen LogP contribution in [-0.4, -0.2) is 25.2 Å². The van der Waals surface area contributed by atoms with Crippen LogP contribution in [-0.2, 0) is 17.4 Å². The van der Waals surface area contributed by atoms with Gasteiger partial charge in [-0.3, -0.25) is 0 Å². The minimum Gasteiger partial charge on any atom is -0.507 e. The fraction of sp³-hybridized carbons (Fsp3) is 0.357. The lowest BCUT2D eigenvalue weighted by Crippen LogP contribution is -2.18. The number of aryl methyl sites for hydroxylation is 1. The molecule has 1 aromatic heterocycles. The number of aromatic hydroxyl groups is 2. The molecule has 0 spiro atoms. The number of hydrogen-bond acceptors (Lipinski definition) is 5. The van der Waals surface area contributed by atoms with Gasteiger partial charge in [-0.25, -0.2) is 0 Å². The summed E-state index contributed by atoms with van der Waals surface area (Å²) in [6.45, 7) is 15.0. The van der Waals surface area contributed by atoms with E-state index in [4.69, 9.17) is 0 Å². The summed E-state index contributed by atoms with van der Waals surface area (Å²) in [5, 5.41) is 34.6. The molecular weight excluding hydrogens is 424 g/mol. The van der Waals surface area contributed by atoms with E-state index in [0.29, 0.717) is 18.0 Å². The van der Waals surface area contributed by atoms with Gasteiger partial charge < -0.3 is 15.5 Å². The molecule has 1 heterocycles. The quantitative estimate of drug-likeness (QED) is 0.311. The van der Waals surface area contributed by atoms with Crippen molar-refractivity contribution in [2.45, 2.75) is 65.8 Å². The van der Waals surface area contributed by atoms with E-state index in [0.717, 1.165) is 39.0 Å². The molecule has 0 unspecified atom stereocenters. The monoisotopic (exact) mass is 458 g/mol. The fourth-order valence-corrected chi connectivity index (χ4v) is 4.17. The minimum absolute atomic E-state index is 0.143. The van der Waals surface area contributed by atoms with Crippen LogP contribution in [0.4, 0.5) is 5.69 Å². The molecule has 0 aliphatic rings. The number of phenols is 2. The van der Waals surface area contributed by atoms with E-state index in [9.17, 15) is 10.2 Å². The highest BCUT2D eigenvalue weighted by atomic mass is 16.3. The lowest BCUT2D eigenvalue weighted by molar-refractivity contribution is 0.423. The lowest BCUT2D eigenvalue weighted by Gasteiger charge is -2.28. The molecule has 0 atom stereocenters. The van der Waals surface area contributed by atoms with Crippen molar-refractivity contribution in [3.8, 4) is 17.2 Å². The molecule has 34 heavy (non-hydrogen) atoms. The summed E-state index contributed by atoms with van der Waals surface area (Å²) in [6, 6.07) is 15.5. The third-order valence-electron chi connectivity index (χ3n) is 6.02. The number of fused-ring (bicyclic) bond motifs is 1. The second-order valence-corrected chi connectivity index (χ2v) is 11.0. The van der Waals surface area contributed by atoms with Gasteiger partial charge in [0.25, 0.3) is 0 Å². The molecule has 0 aliphatic carbocycles. The van der Waals surface area contributed by atoms with Gasteiger partial charge in [-0.05, 0) is 53.6 Å². The van der Waals surface area contributed by atoms with Gasteiger partial charge in [-0.1, -0.05) is 59.7 Å². The van der Waals surface area contributed by atoms with Crippen molar-refractivity contribution >= 4 is 16.7 Å². The van der Waals surface area contributed by atoms with Crippen LogP contribution in [0.3, 0.4) is 0 Å². The van der Waals surface area contributed by atoms with Gasteiger partial charge in [-0.15, -0.1) is 15.0 Å². The Morgan fingerprint density at radius 1 is 0.794 bits per heavy atom. The third-order valence-corrected chi connectivity index (χ3v) is 6.02. The Balaban J connectivity index is 1.70. The van der Waals surface area contributed by atoms with E-state index in [1.807, 2.05) is 55.5 Å². The summed E-state index contributed by atoms with van der Waals surface area (Å²) in [5.74, 6) is 0.493. The van der Waals surface area contributed by atoms with Crippen molar-refractivity contribution in [3.63, 3.8) is 0 Å². The molecule has 6 nitrogen and oxygen atoms in total. The molecule has 0 fully saturated rings. The average Bonchev–Trinajstić information content (AvgIpc) is 3.17. The first-order valence-electron chi connectivity index (χ1n) is 11.6. The van der Waals surface area contributed by atoms with Crippen LogP contribution >= 0.6 is 0 Å². The number of nitrogens with zero attached hydrogens (tertiary/aromatic N) is 3. The van der Waals surface area contributed by atoms with E-state index in [1.54, 1.807) is 0 Å². The lowest BCUT2D eigenvalue weighted by atomic mass is 9.79. The Morgan fingerprint density at radius 3 is 1.82 bits per heavy atom. The molecular formula is C28H34N4O2. The molecule has 178 valence electrons. The van der Waals surface area contributed by atoms with Crippen LogP contribution in [0.5, 0.6) is 11.5 Å². The van der Waals surface area contributed by atoms with Crippen LogP contribution in [0.2, 0.25) is 0 Å². The molecule has 3 N–H and O–H groups in total. The van der Waals surface area contributed by atoms with E-state index < -0.39 is 0 Å². The van der Waals surface area contributed by atoms with Gasteiger partial charge in [0.2, 0.25) is 0 Å². The summed E-state index contributed by atoms with van der Waals surface area (Å²) in [4.78, 5) is 1.49. The molecule has 4 rings (SSSR count). The van der Waals surface area contributed by atoms with E-state index in [2.05, 4.69) is 57.1 Å². The Kier molecular flexibility index (Phi) is 5.80. The van der Waals surface area contributed by atoms with Gasteiger partial charge in [0.1, 0.15) is 28.2 Å². The minimum atomic E-state index is -0.214. The number of hydrogen-bond donors (Lipinski definition) is 3. The van der Waals surface area contributed by atoms with E-state index >= 15 is 0 Å². The zero-order chi connectivity index (χ0) is 24.8. The van der Waals surface area contributed by atoms with Crippen LogP contribution < -0.4 is 5.32 Å². The number of rotatable bonds is 4. The molecule has 0 saturated carbocycles. The maximum Gasteiger partial charge on any atom is 0.148 e. The predicted molar refractivity (Wildman–Crippen MR) is 138 cm³/mol. The van der Waals surface area contributed by atoms with Crippen molar-refractivity contribution in [3.05, 3.63) is 70.8 Å². The predicted octanol–water partition coefficient (Wildman–Crippen LogP) is 6.35. The van der Waals surface area contributed by atoms with Crippen molar-refractivity contribution in [2.24, 2.45) is 0 Å². The van der Waals surface area contributed by atoms with Crippen LogP contribution in [0.1, 0.15) is 63.8 Å². The molecule has 3 aromatic carbocycles. The average molecular weight is 459 g/mol. The highest BCUT2D eigenvalue weighted by molar-refractivity contribution is 5.73. The topological polar surface area (TPSA) is 83.2 Å². The molecule has 0 saturated heterocycles. The highest BCUT2D eigenvalue weighted by Gasteiger charge is 2.26. The molecule has 4 aromatic rings. The van der Waals surface area contributed by atoms with Gasteiger partial charge in [0.05, 0.1) is 0 Å². The summed E-state index contributed by atoms with van der Waals surface area (Å²) >= 11 is 0. The van der Waals surface area contributed by atoms with Gasteiger partial charge in [0, 0.05) is 28.9 Å². The van der Waals surface area contributed by atoms with Crippen LogP contribution in [0.25, 0.3) is 16.7 Å². The van der Waals surface area contributed by atoms with Gasteiger partial charge in [0.15, 0.2) is 0 Å². The second-order valence-electron chi connectivity index (χ2n) is 11.0. The summed E-state index contributed by atoms with van der Waals surface area (Å²) < 4.78 is 0. The third kappa shape index (κ3) is 4.58. The van der Waals surface area contributed by atoms with Crippen LogP contribution in [0, 0.1) is 6.92 Å². The first-order valence-corrected chi connectivity index (χ1v) is 11.6. The number of aromatic nitrogens is 3. The number of anilines is 1. The van der Waals surface area contributed by atoms with Crippen molar-refractivity contribution < 1.29 is 10.2 Å². The Morgan fingerprint density at radius 2 is 1.32 bits per heavy atom. The van der Waals surface area contributed by atoms with E-state index in [1.165, 1.54) is 4.80 Å². The largest absolute Gasteiger partial charge is 0.507 e. The summed E-state index contributed by atoms with van der Waals surface area (Å²) in [5.41, 5.74) is 6.10. The van der Waals surface area contributed by atoms with Gasteiger partial charge in [-0.2, -0.15) is 0 Å². The number of nitrogens with one attached hydrogen (secondary N) is 1. The maximum absolute atomic E-state index is 11.1. The van der Waals surface area contributed by atoms with Crippen molar-refractivity contribution in [1.29, 1.82) is 0 Å². The van der Waals surface area contributed by atoms with Crippen molar-refractivity contribution in [2.75, 3.05) is 5.32 Å². The standard InChI is InChI=1S/C28H34N4O2/c1-17-12-18(25(33)24(13-17)32-30-22-10-8-9-11-23(22)31-32)16-29-19-14-20(27(2,3)4)26(34)21(15-19)28(5,6)7/h8-15,29,33-34H,16H2,1-7H3. The Bertz CT molecular complexity index is 1290. The van der Waals surface area contributed by atoms with Crippen LogP contribution in [0.15, 0.2) is 48.5 Å². The molecule has 0 radical (unpaired) electrons. The summed E-state index contributed by atoms with van der Waals surface area (Å²) in [6.07, 6.45) is 0. The zero-order valence-corrected chi connectivity index (χ0v) is 21.1. The van der Waals surface area contributed by atoms with Crippen molar-refractivity contribution in [1.82, 2.24) is 15.0 Å². The van der Waals surface area contributed by atoms with E-state index in [-0.39, 0.29) is 16.6 Å².